The molecule has 1 amide bonds. The lowest BCUT2D eigenvalue weighted by Crippen LogP contribution is -2.27. The Bertz CT molecular complexity index is 739. The maximum atomic E-state index is 14.5. The lowest BCUT2D eigenvalue weighted by atomic mass is 10.1. The van der Waals surface area contributed by atoms with Gasteiger partial charge in [-0.2, -0.15) is 0 Å². The minimum atomic E-state index is -0.240. The third-order valence-corrected chi connectivity index (χ3v) is 5.63. The van der Waals surface area contributed by atoms with E-state index < -0.39 is 0 Å². The van der Waals surface area contributed by atoms with Gasteiger partial charge in [0, 0.05) is 19.6 Å². The van der Waals surface area contributed by atoms with Crippen LogP contribution in [0.4, 0.5) is 10.1 Å². The molecule has 1 aromatic carbocycles. The first kappa shape index (κ1) is 17.2. The summed E-state index contributed by atoms with van der Waals surface area (Å²) in [6.07, 6.45) is 5.58. The molecule has 24 heavy (non-hydrogen) atoms. The predicted molar refractivity (Wildman–Crippen MR) is 103 cm³/mol. The minimum absolute atomic E-state index is 0.145. The predicted octanol–water partition coefficient (Wildman–Crippen LogP) is 4.12. The molecule has 0 bridgehead atoms. The summed E-state index contributed by atoms with van der Waals surface area (Å²) in [7, 11) is 0. The summed E-state index contributed by atoms with van der Waals surface area (Å²) in [5, 5.41) is 0. The van der Waals surface area contributed by atoms with Crippen molar-refractivity contribution < 1.29 is 9.18 Å². The van der Waals surface area contributed by atoms with E-state index >= 15 is 0 Å². The van der Waals surface area contributed by atoms with Crippen molar-refractivity contribution in [3.8, 4) is 0 Å². The van der Waals surface area contributed by atoms with E-state index in [0.717, 1.165) is 37.1 Å². The Balaban J connectivity index is 1.90. The second kappa shape index (κ2) is 7.07. The Morgan fingerprint density at radius 1 is 1.38 bits per heavy atom. The van der Waals surface area contributed by atoms with Crippen LogP contribution in [0.5, 0.6) is 0 Å². The van der Waals surface area contributed by atoms with E-state index in [9.17, 15) is 9.18 Å². The number of halogens is 1. The number of anilines is 1. The van der Waals surface area contributed by atoms with Gasteiger partial charge in [0.05, 0.1) is 10.6 Å². The van der Waals surface area contributed by atoms with Crippen molar-refractivity contribution in [1.82, 2.24) is 4.90 Å². The van der Waals surface area contributed by atoms with Crippen LogP contribution >= 0.6 is 24.0 Å². The van der Waals surface area contributed by atoms with Gasteiger partial charge < -0.3 is 4.90 Å². The highest BCUT2D eigenvalue weighted by molar-refractivity contribution is 8.26. The normalized spacial score (nSPS) is 19.7. The zero-order valence-corrected chi connectivity index (χ0v) is 15.2. The molecule has 3 nitrogen and oxygen atoms in total. The van der Waals surface area contributed by atoms with E-state index in [-0.39, 0.29) is 11.7 Å². The molecule has 2 heterocycles. The fourth-order valence-corrected chi connectivity index (χ4v) is 4.23. The second-order valence-electron chi connectivity index (χ2n) is 5.94. The SMILES string of the molecule is C=CCN1C(=O)C(=Cc2cc(F)c(N3CCCC3)cc2C)SC1=S. The molecule has 3 rings (SSSR count). The number of thioether (sulfide) groups is 1. The van der Waals surface area contributed by atoms with Crippen LogP contribution in [-0.4, -0.2) is 34.8 Å². The number of carbonyl (C=O) groups excluding carboxylic acids is 1. The molecule has 0 spiro atoms. The molecule has 1 aromatic rings. The Kier molecular flexibility index (Phi) is 5.06. The zero-order valence-electron chi connectivity index (χ0n) is 13.5. The number of benzene rings is 1. The Hall–Kier alpha value is -1.66. The van der Waals surface area contributed by atoms with Crippen molar-refractivity contribution >= 4 is 46.0 Å². The van der Waals surface area contributed by atoms with Gasteiger partial charge in [0.1, 0.15) is 10.1 Å². The van der Waals surface area contributed by atoms with Crippen LogP contribution in [0, 0.1) is 12.7 Å². The van der Waals surface area contributed by atoms with Crippen LogP contribution in [0.3, 0.4) is 0 Å². The lowest BCUT2D eigenvalue weighted by Gasteiger charge is -2.19. The van der Waals surface area contributed by atoms with Gasteiger partial charge in [-0.1, -0.05) is 30.1 Å². The monoisotopic (exact) mass is 362 g/mol. The topological polar surface area (TPSA) is 23.6 Å². The van der Waals surface area contributed by atoms with Crippen molar-refractivity contribution in [2.75, 3.05) is 24.5 Å². The smallest absolute Gasteiger partial charge is 0.266 e. The Morgan fingerprint density at radius 2 is 2.08 bits per heavy atom. The van der Waals surface area contributed by atoms with E-state index in [0.29, 0.717) is 21.5 Å². The average molecular weight is 362 g/mol. The summed E-state index contributed by atoms with van der Waals surface area (Å²) in [6.45, 7) is 7.77. The molecular formula is C18H19FN2OS2. The molecule has 2 aliphatic rings. The van der Waals surface area contributed by atoms with Crippen molar-refractivity contribution in [2.24, 2.45) is 0 Å². The van der Waals surface area contributed by atoms with Gasteiger partial charge in [-0.15, -0.1) is 6.58 Å². The Labute approximate surface area is 151 Å². The van der Waals surface area contributed by atoms with Crippen molar-refractivity contribution in [3.63, 3.8) is 0 Å². The highest BCUT2D eigenvalue weighted by atomic mass is 32.2. The number of hydrogen-bond acceptors (Lipinski definition) is 4. The molecule has 2 fully saturated rings. The number of thiocarbonyl (C=S) groups is 1. The maximum Gasteiger partial charge on any atom is 0.266 e. The quantitative estimate of drug-likeness (QED) is 0.457. The van der Waals surface area contributed by atoms with Gasteiger partial charge in [0.15, 0.2) is 0 Å². The molecule has 2 saturated heterocycles. The fourth-order valence-electron chi connectivity index (χ4n) is 2.97. The summed E-state index contributed by atoms with van der Waals surface area (Å²) in [5.74, 6) is -0.386. The first-order valence-electron chi connectivity index (χ1n) is 7.92. The van der Waals surface area contributed by atoms with Gasteiger partial charge in [0.2, 0.25) is 0 Å². The summed E-state index contributed by atoms with van der Waals surface area (Å²) in [6, 6.07) is 3.39. The average Bonchev–Trinajstić information content (AvgIpc) is 3.15. The number of aryl methyl sites for hydroxylation is 1. The van der Waals surface area contributed by atoms with E-state index in [1.165, 1.54) is 22.7 Å². The van der Waals surface area contributed by atoms with Gasteiger partial charge >= 0.3 is 0 Å². The van der Waals surface area contributed by atoms with Crippen LogP contribution in [-0.2, 0) is 4.79 Å². The van der Waals surface area contributed by atoms with Gasteiger partial charge in [0.25, 0.3) is 5.91 Å². The van der Waals surface area contributed by atoms with Gasteiger partial charge in [-0.25, -0.2) is 4.39 Å². The van der Waals surface area contributed by atoms with Crippen molar-refractivity contribution in [2.45, 2.75) is 19.8 Å². The van der Waals surface area contributed by atoms with E-state index in [1.807, 2.05) is 13.0 Å². The van der Waals surface area contributed by atoms with Crippen LogP contribution < -0.4 is 4.90 Å². The molecule has 0 saturated carbocycles. The second-order valence-corrected chi connectivity index (χ2v) is 7.61. The lowest BCUT2D eigenvalue weighted by molar-refractivity contribution is -0.121. The number of hydrogen-bond donors (Lipinski definition) is 0. The van der Waals surface area contributed by atoms with Gasteiger partial charge in [-0.05, 0) is 49.1 Å². The minimum Gasteiger partial charge on any atom is -0.369 e. The summed E-state index contributed by atoms with van der Waals surface area (Å²) in [4.78, 5) is 16.5. The molecule has 0 unspecified atom stereocenters. The van der Waals surface area contributed by atoms with Gasteiger partial charge in [-0.3, -0.25) is 9.69 Å². The first-order chi connectivity index (χ1) is 11.5. The first-order valence-corrected chi connectivity index (χ1v) is 9.15. The molecule has 0 N–H and O–H groups in total. The van der Waals surface area contributed by atoms with Crippen LogP contribution in [0.25, 0.3) is 6.08 Å². The van der Waals surface area contributed by atoms with Crippen LogP contribution in [0.2, 0.25) is 0 Å². The summed E-state index contributed by atoms with van der Waals surface area (Å²) in [5.41, 5.74) is 2.32. The third-order valence-electron chi connectivity index (χ3n) is 4.25. The number of rotatable bonds is 4. The third kappa shape index (κ3) is 3.26. The molecule has 0 atom stereocenters. The Morgan fingerprint density at radius 3 is 2.75 bits per heavy atom. The zero-order chi connectivity index (χ0) is 17.3. The van der Waals surface area contributed by atoms with Crippen molar-refractivity contribution in [1.29, 1.82) is 0 Å². The van der Waals surface area contributed by atoms with Crippen molar-refractivity contribution in [3.05, 3.63) is 46.6 Å². The molecule has 2 aliphatic heterocycles. The molecule has 6 heteroatoms. The number of nitrogens with zero attached hydrogens (tertiary/aromatic N) is 2. The van der Waals surface area contributed by atoms with E-state index in [1.54, 1.807) is 12.2 Å². The molecule has 0 aromatic heterocycles. The largest absolute Gasteiger partial charge is 0.369 e. The fraction of sp³-hybridized carbons (Fsp3) is 0.333. The molecular weight excluding hydrogens is 343 g/mol. The standard InChI is InChI=1S/C18H19FN2OS2/c1-3-6-21-17(22)16(24-18(21)23)11-13-10-14(19)15(9-12(13)2)20-7-4-5-8-20/h3,9-11H,1,4-8H2,2H3. The van der Waals surface area contributed by atoms with Crippen LogP contribution in [0.15, 0.2) is 29.7 Å². The number of amides is 1. The highest BCUT2D eigenvalue weighted by Gasteiger charge is 2.31. The molecule has 0 aliphatic carbocycles. The molecule has 0 radical (unpaired) electrons. The maximum absolute atomic E-state index is 14.5. The van der Waals surface area contributed by atoms with E-state index in [2.05, 4.69) is 11.5 Å². The summed E-state index contributed by atoms with van der Waals surface area (Å²) < 4.78 is 15.0. The van der Waals surface area contributed by atoms with Crippen LogP contribution in [0.1, 0.15) is 24.0 Å². The summed E-state index contributed by atoms with van der Waals surface area (Å²) >= 11 is 6.48. The highest BCUT2D eigenvalue weighted by Crippen LogP contribution is 2.34. The number of carbonyl (C=O) groups is 1. The van der Waals surface area contributed by atoms with E-state index in [4.69, 9.17) is 12.2 Å². The molecule has 126 valence electrons.